The quantitative estimate of drug-likeness (QED) is 0.414. The van der Waals surface area contributed by atoms with Gasteiger partial charge in [-0.1, -0.05) is 0 Å². The van der Waals surface area contributed by atoms with Crippen molar-refractivity contribution in [3.63, 3.8) is 0 Å². The first-order valence-electron chi connectivity index (χ1n) is 9.19. The first-order valence-corrected chi connectivity index (χ1v) is 11.4. The summed E-state index contributed by atoms with van der Waals surface area (Å²) in [6, 6.07) is 33.4. The normalized spacial score (nSPS) is 12.4. The average molecular weight is 346 g/mol. The van der Waals surface area contributed by atoms with Gasteiger partial charge in [-0.3, -0.25) is 0 Å². The van der Waals surface area contributed by atoms with Crippen molar-refractivity contribution in [2.24, 2.45) is 0 Å². The standard InChI is InChI=1S/C24H27P/c1-2-3-4-14-21-25(22-15-8-5-9-16-22,23-17-10-6-11-18-23)24-19-12-7-13-20-24/h3-13,15-20,25H,2,14,21H2,1H3/b4-3+. The van der Waals surface area contributed by atoms with Crippen LogP contribution < -0.4 is 15.9 Å². The fourth-order valence-corrected chi connectivity index (χ4v) is 8.44. The third-order valence-electron chi connectivity index (χ3n) is 4.89. The number of benzene rings is 3. The Morgan fingerprint density at radius 1 is 0.600 bits per heavy atom. The molecule has 0 aromatic heterocycles. The van der Waals surface area contributed by atoms with E-state index in [2.05, 4.69) is 110 Å². The number of hydrogen-bond acceptors (Lipinski definition) is 0. The van der Waals surface area contributed by atoms with Gasteiger partial charge in [0.2, 0.25) is 0 Å². The summed E-state index contributed by atoms with van der Waals surface area (Å²) in [5.74, 6) is 0. The topological polar surface area (TPSA) is 0 Å². The monoisotopic (exact) mass is 346 g/mol. The zero-order valence-electron chi connectivity index (χ0n) is 14.9. The molecule has 0 aliphatic carbocycles. The summed E-state index contributed by atoms with van der Waals surface area (Å²) in [5, 5.41) is 4.49. The van der Waals surface area contributed by atoms with Crippen LogP contribution in [-0.2, 0) is 0 Å². The van der Waals surface area contributed by atoms with Crippen molar-refractivity contribution in [1.82, 2.24) is 0 Å². The molecule has 128 valence electrons. The molecule has 0 nitrogen and oxygen atoms in total. The average Bonchev–Trinajstić information content (AvgIpc) is 2.70. The summed E-state index contributed by atoms with van der Waals surface area (Å²) in [6.07, 6.45) is 8.08. The molecule has 0 bridgehead atoms. The third-order valence-corrected chi connectivity index (χ3v) is 9.88. The molecule has 3 aromatic rings. The summed E-state index contributed by atoms with van der Waals surface area (Å²) < 4.78 is 0. The van der Waals surface area contributed by atoms with Crippen LogP contribution in [0.2, 0.25) is 0 Å². The van der Waals surface area contributed by atoms with E-state index in [4.69, 9.17) is 0 Å². The van der Waals surface area contributed by atoms with Crippen molar-refractivity contribution in [3.05, 3.63) is 103 Å². The van der Waals surface area contributed by atoms with Gasteiger partial charge in [-0.2, -0.15) is 0 Å². The minimum atomic E-state index is -2.03. The molecule has 0 unspecified atom stereocenters. The molecule has 0 spiro atoms. The van der Waals surface area contributed by atoms with E-state index in [0.717, 1.165) is 12.8 Å². The van der Waals surface area contributed by atoms with Crippen molar-refractivity contribution in [3.8, 4) is 0 Å². The van der Waals surface area contributed by atoms with Crippen molar-refractivity contribution in [1.29, 1.82) is 0 Å². The van der Waals surface area contributed by atoms with Gasteiger partial charge in [-0.25, -0.2) is 0 Å². The van der Waals surface area contributed by atoms with Gasteiger partial charge in [0, 0.05) is 0 Å². The molecule has 25 heavy (non-hydrogen) atoms. The van der Waals surface area contributed by atoms with Gasteiger partial charge in [0.05, 0.1) is 0 Å². The molecule has 0 saturated carbocycles. The SMILES string of the molecule is CC/C=C/CC[PH](c1ccccc1)(c1ccccc1)c1ccccc1. The first kappa shape index (κ1) is 17.6. The molecule has 3 rings (SSSR count). The summed E-state index contributed by atoms with van der Waals surface area (Å²) in [4.78, 5) is 0. The van der Waals surface area contributed by atoms with Gasteiger partial charge in [0.1, 0.15) is 0 Å². The number of hydrogen-bond donors (Lipinski definition) is 0. The van der Waals surface area contributed by atoms with Gasteiger partial charge < -0.3 is 0 Å². The Morgan fingerprint density at radius 3 is 1.36 bits per heavy atom. The molecule has 0 N–H and O–H groups in total. The van der Waals surface area contributed by atoms with Gasteiger partial charge in [0.15, 0.2) is 0 Å². The maximum absolute atomic E-state index is 2.36. The van der Waals surface area contributed by atoms with Crippen molar-refractivity contribution in [2.75, 3.05) is 6.16 Å². The first-order chi connectivity index (χ1) is 12.4. The molecular formula is C24H27P. The molecule has 0 heterocycles. The van der Waals surface area contributed by atoms with Gasteiger partial charge in [-0.15, -0.1) is 0 Å². The van der Waals surface area contributed by atoms with Crippen LogP contribution in [0.15, 0.2) is 103 Å². The van der Waals surface area contributed by atoms with Crippen molar-refractivity contribution in [2.45, 2.75) is 19.8 Å². The molecule has 3 aromatic carbocycles. The van der Waals surface area contributed by atoms with Crippen LogP contribution in [0.1, 0.15) is 19.8 Å². The molecule has 0 aliphatic heterocycles. The second kappa shape index (κ2) is 8.79. The van der Waals surface area contributed by atoms with E-state index in [-0.39, 0.29) is 0 Å². The van der Waals surface area contributed by atoms with Gasteiger partial charge in [-0.05, 0) is 0 Å². The Balaban J connectivity index is 2.18. The van der Waals surface area contributed by atoms with E-state index in [9.17, 15) is 0 Å². The zero-order valence-corrected chi connectivity index (χ0v) is 15.9. The molecule has 0 saturated heterocycles. The fraction of sp³-hybridized carbons (Fsp3) is 0.167. The molecule has 0 fully saturated rings. The van der Waals surface area contributed by atoms with Crippen LogP contribution >= 0.6 is 7.26 Å². The third kappa shape index (κ3) is 3.91. The molecule has 0 atom stereocenters. The zero-order chi connectivity index (χ0) is 17.4. The molecule has 0 amide bonds. The Bertz CT molecular complexity index is 679. The van der Waals surface area contributed by atoms with E-state index in [1.54, 1.807) is 0 Å². The van der Waals surface area contributed by atoms with Gasteiger partial charge in [0.25, 0.3) is 0 Å². The second-order valence-electron chi connectivity index (χ2n) is 6.42. The van der Waals surface area contributed by atoms with Crippen LogP contribution in [0.4, 0.5) is 0 Å². The predicted octanol–water partition coefficient (Wildman–Crippen LogP) is 5.07. The van der Waals surface area contributed by atoms with E-state index in [0.29, 0.717) is 0 Å². The van der Waals surface area contributed by atoms with Crippen LogP contribution in [0.5, 0.6) is 0 Å². The number of rotatable bonds is 7. The summed E-state index contributed by atoms with van der Waals surface area (Å²) in [5.41, 5.74) is 0. The molecule has 0 aliphatic rings. The van der Waals surface area contributed by atoms with Crippen LogP contribution in [0.25, 0.3) is 0 Å². The van der Waals surface area contributed by atoms with E-state index in [1.165, 1.54) is 22.1 Å². The molecule has 0 radical (unpaired) electrons. The second-order valence-corrected chi connectivity index (χ2v) is 10.5. The Labute approximate surface area is 152 Å². The Morgan fingerprint density at radius 2 is 1.00 bits per heavy atom. The van der Waals surface area contributed by atoms with Crippen molar-refractivity contribution < 1.29 is 0 Å². The van der Waals surface area contributed by atoms with Gasteiger partial charge >= 0.3 is 152 Å². The van der Waals surface area contributed by atoms with E-state index in [1.807, 2.05) is 0 Å². The van der Waals surface area contributed by atoms with E-state index >= 15 is 0 Å². The van der Waals surface area contributed by atoms with Crippen LogP contribution in [-0.4, -0.2) is 6.16 Å². The fourth-order valence-electron chi connectivity index (χ4n) is 3.69. The minimum absolute atomic E-state index is 1.11. The van der Waals surface area contributed by atoms with Crippen LogP contribution in [0.3, 0.4) is 0 Å². The van der Waals surface area contributed by atoms with E-state index < -0.39 is 7.26 Å². The molecular weight excluding hydrogens is 319 g/mol. The Kier molecular flexibility index (Phi) is 6.20. The maximum atomic E-state index is 2.36. The Hall–Kier alpha value is -2.17. The molecule has 1 heteroatoms. The van der Waals surface area contributed by atoms with Crippen LogP contribution in [0, 0.1) is 0 Å². The van der Waals surface area contributed by atoms with Crippen molar-refractivity contribution >= 4 is 23.2 Å². The predicted molar refractivity (Wildman–Crippen MR) is 115 cm³/mol. The number of allylic oxidation sites excluding steroid dienone is 2. The summed E-state index contributed by atoms with van der Waals surface area (Å²) in [7, 11) is -2.03. The summed E-state index contributed by atoms with van der Waals surface area (Å²) in [6.45, 7) is 2.20. The summed E-state index contributed by atoms with van der Waals surface area (Å²) >= 11 is 0.